The van der Waals surface area contributed by atoms with Crippen LogP contribution < -0.4 is 10.2 Å². The fraction of sp³-hybridized carbons (Fsp3) is 0.750. The van der Waals surface area contributed by atoms with Gasteiger partial charge in [0, 0.05) is 31.6 Å². The van der Waals surface area contributed by atoms with Crippen LogP contribution in [0.4, 0.5) is 11.6 Å². The largest absolute Gasteiger partial charge is 0.389 e. The van der Waals surface area contributed by atoms with Gasteiger partial charge in [0.25, 0.3) is 0 Å². The molecule has 0 radical (unpaired) electrons. The second-order valence-electron chi connectivity index (χ2n) is 6.43. The first-order valence-corrected chi connectivity index (χ1v) is 8.24. The van der Waals surface area contributed by atoms with Crippen molar-refractivity contribution in [1.29, 1.82) is 0 Å². The fourth-order valence-corrected chi connectivity index (χ4v) is 3.65. The molecule has 1 saturated heterocycles. The van der Waals surface area contributed by atoms with Crippen molar-refractivity contribution >= 4 is 11.6 Å². The Morgan fingerprint density at radius 1 is 1.38 bits per heavy atom. The van der Waals surface area contributed by atoms with Gasteiger partial charge in [0.15, 0.2) is 0 Å². The molecule has 5 nitrogen and oxygen atoms in total. The summed E-state index contributed by atoms with van der Waals surface area (Å²) in [6.07, 6.45) is 8.10. The van der Waals surface area contributed by atoms with Crippen LogP contribution in [0, 0.1) is 5.92 Å². The van der Waals surface area contributed by atoms with Crippen molar-refractivity contribution in [2.45, 2.75) is 51.0 Å². The number of rotatable bonds is 4. The highest BCUT2D eigenvalue weighted by atomic mass is 16.3. The van der Waals surface area contributed by atoms with Gasteiger partial charge >= 0.3 is 0 Å². The van der Waals surface area contributed by atoms with Crippen LogP contribution in [0.25, 0.3) is 0 Å². The van der Waals surface area contributed by atoms with Crippen LogP contribution in [0.1, 0.15) is 45.4 Å². The number of aromatic nitrogens is 2. The molecule has 0 amide bonds. The van der Waals surface area contributed by atoms with Crippen LogP contribution in [0.3, 0.4) is 0 Å². The Morgan fingerprint density at radius 2 is 2.29 bits per heavy atom. The zero-order chi connectivity index (χ0) is 14.7. The van der Waals surface area contributed by atoms with Gasteiger partial charge in [-0.05, 0) is 25.7 Å². The molecule has 0 spiro atoms. The first kappa shape index (κ1) is 14.6. The molecule has 1 saturated carbocycles. The second-order valence-corrected chi connectivity index (χ2v) is 6.43. The topological polar surface area (TPSA) is 61.3 Å². The second kappa shape index (κ2) is 6.18. The Morgan fingerprint density at radius 3 is 3.14 bits per heavy atom. The molecule has 21 heavy (non-hydrogen) atoms. The smallest absolute Gasteiger partial charge is 0.134 e. The Balaban J connectivity index is 1.70. The summed E-state index contributed by atoms with van der Waals surface area (Å²) in [6, 6.07) is 2.03. The van der Waals surface area contributed by atoms with Crippen molar-refractivity contribution in [1.82, 2.24) is 9.97 Å². The minimum absolute atomic E-state index is 0.391. The number of aliphatic hydroxyl groups is 1. The van der Waals surface area contributed by atoms with E-state index in [1.807, 2.05) is 6.07 Å². The van der Waals surface area contributed by atoms with Gasteiger partial charge in [0.1, 0.15) is 18.0 Å². The summed E-state index contributed by atoms with van der Waals surface area (Å²) in [6.45, 7) is 4.88. The van der Waals surface area contributed by atoms with E-state index in [4.69, 9.17) is 0 Å². The summed E-state index contributed by atoms with van der Waals surface area (Å²) in [7, 11) is 0. The van der Waals surface area contributed by atoms with E-state index in [9.17, 15) is 5.11 Å². The van der Waals surface area contributed by atoms with E-state index in [2.05, 4.69) is 27.1 Å². The lowest BCUT2D eigenvalue weighted by Crippen LogP contribution is -2.53. The molecule has 2 heterocycles. The average molecular weight is 290 g/mol. The molecule has 1 aliphatic heterocycles. The van der Waals surface area contributed by atoms with Crippen LogP contribution in [0.5, 0.6) is 0 Å². The van der Waals surface area contributed by atoms with Crippen molar-refractivity contribution < 1.29 is 5.11 Å². The van der Waals surface area contributed by atoms with Crippen LogP contribution in [0.2, 0.25) is 0 Å². The van der Waals surface area contributed by atoms with Crippen molar-refractivity contribution in [3.8, 4) is 0 Å². The minimum Gasteiger partial charge on any atom is -0.389 e. The standard InChI is InChI=1S/C16H26N4O/c1-2-8-17-14-10-15(19-12-18-14)20-9-7-16(21)6-4-3-5-13(16)11-20/h10,12-13,21H,2-9,11H2,1H3,(H,17,18,19). The highest BCUT2D eigenvalue weighted by Crippen LogP contribution is 2.40. The highest BCUT2D eigenvalue weighted by Gasteiger charge is 2.42. The van der Waals surface area contributed by atoms with Crippen molar-refractivity contribution in [2.24, 2.45) is 5.92 Å². The lowest BCUT2D eigenvalue weighted by Gasteiger charge is -2.47. The van der Waals surface area contributed by atoms with Gasteiger partial charge in [-0.25, -0.2) is 9.97 Å². The molecule has 1 aliphatic carbocycles. The molecule has 5 heteroatoms. The molecule has 2 unspecified atom stereocenters. The van der Waals surface area contributed by atoms with Crippen molar-refractivity contribution in [2.75, 3.05) is 29.9 Å². The highest BCUT2D eigenvalue weighted by molar-refractivity contribution is 5.49. The van der Waals surface area contributed by atoms with Gasteiger partial charge in [-0.15, -0.1) is 0 Å². The number of nitrogens with zero attached hydrogens (tertiary/aromatic N) is 3. The molecule has 2 N–H and O–H groups in total. The molecule has 116 valence electrons. The van der Waals surface area contributed by atoms with E-state index < -0.39 is 5.60 Å². The molecule has 2 aliphatic rings. The monoisotopic (exact) mass is 290 g/mol. The SMILES string of the molecule is CCCNc1cc(N2CCC3(O)CCCCC3C2)ncn1. The van der Waals surface area contributed by atoms with Crippen LogP contribution in [-0.2, 0) is 0 Å². The first-order valence-electron chi connectivity index (χ1n) is 8.24. The summed E-state index contributed by atoms with van der Waals surface area (Å²) in [5, 5.41) is 14.1. The third kappa shape index (κ3) is 3.12. The van der Waals surface area contributed by atoms with Crippen molar-refractivity contribution in [3.05, 3.63) is 12.4 Å². The predicted octanol–water partition coefficient (Wildman–Crippen LogP) is 2.43. The summed E-state index contributed by atoms with van der Waals surface area (Å²) in [5.74, 6) is 2.27. The van der Waals surface area contributed by atoms with Crippen LogP contribution in [0.15, 0.2) is 12.4 Å². The van der Waals surface area contributed by atoms with Crippen molar-refractivity contribution in [3.63, 3.8) is 0 Å². The Labute approximate surface area is 126 Å². The van der Waals surface area contributed by atoms with Gasteiger partial charge in [0.2, 0.25) is 0 Å². The molecule has 0 aromatic carbocycles. The maximum Gasteiger partial charge on any atom is 0.134 e. The molecule has 2 fully saturated rings. The first-order chi connectivity index (χ1) is 10.2. The van der Waals surface area contributed by atoms with Gasteiger partial charge in [-0.1, -0.05) is 19.8 Å². The number of hydrogen-bond acceptors (Lipinski definition) is 5. The molecular formula is C16H26N4O. The van der Waals surface area contributed by atoms with Gasteiger partial charge in [0.05, 0.1) is 5.60 Å². The molecule has 1 aromatic rings. The summed E-state index contributed by atoms with van der Waals surface area (Å²) in [4.78, 5) is 11.0. The van der Waals surface area contributed by atoms with E-state index in [0.717, 1.165) is 57.0 Å². The number of anilines is 2. The van der Waals surface area contributed by atoms with E-state index >= 15 is 0 Å². The lowest BCUT2D eigenvalue weighted by atomic mass is 9.71. The van der Waals surface area contributed by atoms with E-state index in [1.165, 1.54) is 12.8 Å². The maximum absolute atomic E-state index is 10.8. The number of piperidine rings is 1. The Bertz CT molecular complexity index is 481. The van der Waals surface area contributed by atoms with Gasteiger partial charge in [-0.3, -0.25) is 0 Å². The molecule has 1 aromatic heterocycles. The zero-order valence-corrected chi connectivity index (χ0v) is 12.9. The fourth-order valence-electron chi connectivity index (χ4n) is 3.65. The van der Waals surface area contributed by atoms with E-state index in [-0.39, 0.29) is 0 Å². The lowest BCUT2D eigenvalue weighted by molar-refractivity contribution is -0.0613. The zero-order valence-electron chi connectivity index (χ0n) is 12.9. The third-order valence-corrected chi connectivity index (χ3v) is 4.96. The molecule has 3 rings (SSSR count). The number of nitrogens with one attached hydrogen (secondary N) is 1. The molecule has 2 atom stereocenters. The Hall–Kier alpha value is -1.36. The van der Waals surface area contributed by atoms with Crippen LogP contribution >= 0.6 is 0 Å². The summed E-state index contributed by atoms with van der Waals surface area (Å²) >= 11 is 0. The van der Waals surface area contributed by atoms with E-state index in [0.29, 0.717) is 5.92 Å². The number of hydrogen-bond donors (Lipinski definition) is 2. The number of fused-ring (bicyclic) bond motifs is 1. The summed E-state index contributed by atoms with van der Waals surface area (Å²) < 4.78 is 0. The average Bonchev–Trinajstić information content (AvgIpc) is 2.52. The van der Waals surface area contributed by atoms with E-state index in [1.54, 1.807) is 6.33 Å². The predicted molar refractivity (Wildman–Crippen MR) is 84.6 cm³/mol. The molecule has 0 bridgehead atoms. The third-order valence-electron chi connectivity index (χ3n) is 4.96. The molecular weight excluding hydrogens is 264 g/mol. The Kier molecular flexibility index (Phi) is 4.29. The van der Waals surface area contributed by atoms with Crippen LogP contribution in [-0.4, -0.2) is 40.3 Å². The summed E-state index contributed by atoms with van der Waals surface area (Å²) in [5.41, 5.74) is -0.426. The maximum atomic E-state index is 10.8. The quantitative estimate of drug-likeness (QED) is 0.892. The normalized spacial score (nSPS) is 29.0. The van der Waals surface area contributed by atoms with Gasteiger partial charge in [-0.2, -0.15) is 0 Å². The minimum atomic E-state index is -0.426. The van der Waals surface area contributed by atoms with Gasteiger partial charge < -0.3 is 15.3 Å².